The molecule has 0 fully saturated rings. The third-order valence-electron chi connectivity index (χ3n) is 7.96. The van der Waals surface area contributed by atoms with Gasteiger partial charge in [-0.3, -0.25) is 0 Å². The van der Waals surface area contributed by atoms with Crippen molar-refractivity contribution in [1.82, 2.24) is 9.97 Å². The summed E-state index contributed by atoms with van der Waals surface area (Å²) in [7, 11) is 0. The molecule has 32 heavy (non-hydrogen) atoms. The van der Waals surface area contributed by atoms with E-state index in [0.29, 0.717) is 0 Å². The van der Waals surface area contributed by atoms with Gasteiger partial charge in [-0.2, -0.15) is 0 Å². The van der Waals surface area contributed by atoms with Crippen molar-refractivity contribution < 1.29 is 0 Å². The van der Waals surface area contributed by atoms with Crippen LogP contribution in [-0.4, -0.2) is 9.97 Å². The van der Waals surface area contributed by atoms with Crippen LogP contribution in [0.25, 0.3) is 43.6 Å². The van der Waals surface area contributed by atoms with Crippen molar-refractivity contribution in [2.24, 2.45) is 0 Å². The van der Waals surface area contributed by atoms with Crippen LogP contribution in [0.1, 0.15) is 49.9 Å². The average molecular weight is 415 g/mol. The monoisotopic (exact) mass is 414 g/mol. The molecule has 0 unspecified atom stereocenters. The van der Waals surface area contributed by atoms with Gasteiger partial charge in [0.15, 0.2) is 0 Å². The van der Waals surface area contributed by atoms with E-state index in [4.69, 9.17) is 0 Å². The Labute approximate surface area is 187 Å². The van der Waals surface area contributed by atoms with Gasteiger partial charge in [0.05, 0.1) is 11.0 Å². The number of benzene rings is 4. The second kappa shape index (κ2) is 5.63. The molecule has 7 rings (SSSR count). The summed E-state index contributed by atoms with van der Waals surface area (Å²) in [6.07, 6.45) is 0. The normalized spacial score (nSPS) is 16.6. The molecule has 1 aliphatic carbocycles. The largest absolute Gasteiger partial charge is 0.354 e. The van der Waals surface area contributed by atoms with E-state index >= 15 is 0 Å². The van der Waals surface area contributed by atoms with Crippen LogP contribution < -0.4 is 0 Å². The molecule has 0 saturated carbocycles. The minimum Gasteiger partial charge on any atom is -0.354 e. The molecule has 2 heterocycles. The number of nitrogens with one attached hydrogen (secondary N) is 2. The summed E-state index contributed by atoms with van der Waals surface area (Å²) in [5.74, 6) is 0. The third-order valence-corrected chi connectivity index (χ3v) is 7.96. The van der Waals surface area contributed by atoms with Crippen molar-refractivity contribution in [2.75, 3.05) is 0 Å². The number of H-pyrrole nitrogens is 2. The molecule has 0 atom stereocenters. The second-order valence-electron chi connectivity index (χ2n) is 10.4. The van der Waals surface area contributed by atoms with Gasteiger partial charge in [0.1, 0.15) is 0 Å². The highest BCUT2D eigenvalue weighted by Crippen LogP contribution is 2.54. The van der Waals surface area contributed by atoms with Crippen molar-refractivity contribution >= 4 is 43.6 Å². The summed E-state index contributed by atoms with van der Waals surface area (Å²) in [5.41, 5.74) is 10.4. The van der Waals surface area contributed by atoms with E-state index in [9.17, 15) is 0 Å². The molecule has 1 aliphatic rings. The molecular weight excluding hydrogens is 388 g/mol. The highest BCUT2D eigenvalue weighted by Gasteiger charge is 2.44. The first kappa shape index (κ1) is 18.1. The summed E-state index contributed by atoms with van der Waals surface area (Å²) in [5, 5.41) is 5.24. The summed E-state index contributed by atoms with van der Waals surface area (Å²) in [6, 6.07) is 26.7. The summed E-state index contributed by atoms with van der Waals surface area (Å²) in [4.78, 5) is 7.56. The molecule has 2 aromatic heterocycles. The number of aromatic amines is 2. The number of hydrogen-bond acceptors (Lipinski definition) is 0. The molecule has 0 aliphatic heterocycles. The Bertz CT molecular complexity index is 1590. The molecule has 0 saturated heterocycles. The van der Waals surface area contributed by atoms with Gasteiger partial charge in [-0.15, -0.1) is 0 Å². The molecule has 0 amide bonds. The van der Waals surface area contributed by atoms with Gasteiger partial charge in [-0.1, -0.05) is 88.4 Å². The predicted molar refractivity (Wildman–Crippen MR) is 136 cm³/mol. The molecule has 2 nitrogen and oxygen atoms in total. The minimum absolute atomic E-state index is 0.119. The summed E-state index contributed by atoms with van der Waals surface area (Å²) < 4.78 is 0. The Hall–Kier alpha value is -3.52. The molecular formula is C30H26N2. The van der Waals surface area contributed by atoms with Gasteiger partial charge >= 0.3 is 0 Å². The quantitative estimate of drug-likeness (QED) is 0.253. The predicted octanol–water partition coefficient (Wildman–Crippen LogP) is 7.92. The van der Waals surface area contributed by atoms with E-state index in [0.717, 1.165) is 0 Å². The van der Waals surface area contributed by atoms with Crippen LogP contribution in [0.15, 0.2) is 72.8 Å². The van der Waals surface area contributed by atoms with Crippen LogP contribution in [0.4, 0.5) is 0 Å². The fraction of sp³-hybridized carbons (Fsp3) is 0.200. The number of aromatic nitrogens is 2. The lowest BCUT2D eigenvalue weighted by atomic mass is 9.59. The van der Waals surface area contributed by atoms with Crippen LogP contribution in [0.2, 0.25) is 0 Å². The van der Waals surface area contributed by atoms with Gasteiger partial charge in [0, 0.05) is 43.4 Å². The topological polar surface area (TPSA) is 31.6 Å². The van der Waals surface area contributed by atoms with Crippen molar-refractivity contribution in [1.29, 1.82) is 0 Å². The Balaban J connectivity index is 1.64. The third kappa shape index (κ3) is 2.01. The maximum atomic E-state index is 3.78. The van der Waals surface area contributed by atoms with E-state index in [1.807, 2.05) is 0 Å². The van der Waals surface area contributed by atoms with Crippen LogP contribution in [-0.2, 0) is 10.8 Å². The Morgan fingerprint density at radius 3 is 1.31 bits per heavy atom. The van der Waals surface area contributed by atoms with E-state index in [1.165, 1.54) is 65.9 Å². The maximum absolute atomic E-state index is 3.78. The Morgan fingerprint density at radius 1 is 0.469 bits per heavy atom. The zero-order valence-corrected chi connectivity index (χ0v) is 18.9. The molecule has 2 N–H and O–H groups in total. The first-order valence-electron chi connectivity index (χ1n) is 11.5. The van der Waals surface area contributed by atoms with E-state index < -0.39 is 0 Å². The standard InChI is InChI=1S/C30H26N2/c1-29(2)21-15-13-20-18-10-6-8-12-24(18)32-28(20)26(21)30(3,4)22-16-14-19-17-9-5-7-11-23(17)31-27(19)25(22)29/h5-16,31-32H,1-4H3. The number of rotatable bonds is 0. The summed E-state index contributed by atoms with van der Waals surface area (Å²) >= 11 is 0. The molecule has 2 heteroatoms. The molecule has 0 bridgehead atoms. The second-order valence-corrected chi connectivity index (χ2v) is 10.4. The first-order valence-corrected chi connectivity index (χ1v) is 11.5. The van der Waals surface area contributed by atoms with Crippen molar-refractivity contribution in [3.05, 3.63) is 95.1 Å². The van der Waals surface area contributed by atoms with Gasteiger partial charge in [0.25, 0.3) is 0 Å². The van der Waals surface area contributed by atoms with Crippen molar-refractivity contribution in [2.45, 2.75) is 38.5 Å². The minimum atomic E-state index is -0.119. The molecule has 0 radical (unpaired) electrons. The van der Waals surface area contributed by atoms with E-state index in [2.05, 4.69) is 110 Å². The number of fused-ring (bicyclic) bond motifs is 10. The molecule has 0 spiro atoms. The Kier molecular flexibility index (Phi) is 3.19. The zero-order chi connectivity index (χ0) is 21.8. The SMILES string of the molecule is CC1(C)c2ccc3c([nH]c4ccccc43)c2C(C)(C)c2ccc3c([nH]c4ccccc43)c21. The van der Waals surface area contributed by atoms with Crippen LogP contribution in [0.5, 0.6) is 0 Å². The van der Waals surface area contributed by atoms with E-state index in [-0.39, 0.29) is 10.8 Å². The highest BCUT2D eigenvalue weighted by molar-refractivity contribution is 6.11. The van der Waals surface area contributed by atoms with Crippen LogP contribution in [0, 0.1) is 0 Å². The first-order chi connectivity index (χ1) is 15.4. The van der Waals surface area contributed by atoms with E-state index in [1.54, 1.807) is 0 Å². The van der Waals surface area contributed by atoms with Crippen molar-refractivity contribution in [3.63, 3.8) is 0 Å². The zero-order valence-electron chi connectivity index (χ0n) is 18.9. The lowest BCUT2D eigenvalue weighted by Gasteiger charge is -2.44. The van der Waals surface area contributed by atoms with Gasteiger partial charge < -0.3 is 9.97 Å². The lowest BCUT2D eigenvalue weighted by Crippen LogP contribution is -2.37. The fourth-order valence-electron chi connectivity index (χ4n) is 6.45. The smallest absolute Gasteiger partial charge is 0.0509 e. The summed E-state index contributed by atoms with van der Waals surface area (Å²) in [6.45, 7) is 9.55. The van der Waals surface area contributed by atoms with Gasteiger partial charge in [-0.05, 0) is 34.4 Å². The highest BCUT2D eigenvalue weighted by atomic mass is 14.7. The number of para-hydroxylation sites is 2. The molecule has 6 aromatic rings. The van der Waals surface area contributed by atoms with Crippen molar-refractivity contribution in [3.8, 4) is 0 Å². The Morgan fingerprint density at radius 2 is 0.875 bits per heavy atom. The maximum Gasteiger partial charge on any atom is 0.0509 e. The molecule has 4 aromatic carbocycles. The molecule has 156 valence electrons. The number of hydrogen-bond donors (Lipinski definition) is 2. The van der Waals surface area contributed by atoms with Crippen LogP contribution in [0.3, 0.4) is 0 Å². The van der Waals surface area contributed by atoms with Gasteiger partial charge in [0.2, 0.25) is 0 Å². The average Bonchev–Trinajstić information content (AvgIpc) is 3.35. The lowest BCUT2D eigenvalue weighted by molar-refractivity contribution is 0.528. The fourth-order valence-corrected chi connectivity index (χ4v) is 6.45. The van der Waals surface area contributed by atoms with Gasteiger partial charge in [-0.25, -0.2) is 0 Å². The van der Waals surface area contributed by atoms with Crippen LogP contribution >= 0.6 is 0 Å².